The maximum Gasteiger partial charge on any atom is 0.312 e. The average Bonchev–Trinajstić information content (AvgIpc) is 3.38. The molecule has 3 unspecified atom stereocenters. The molecule has 1 N–H and O–H groups in total. The molecule has 8 nitrogen and oxygen atoms in total. The molecular formula is C28H43BrN2O6. The second-order valence-electron chi connectivity index (χ2n) is 12.5. The average molecular weight is 584 g/mol. The number of alkyl halides is 1. The number of rotatable bonds is 11. The van der Waals surface area contributed by atoms with Crippen molar-refractivity contribution in [1.29, 1.82) is 0 Å². The topological polar surface area (TPSA) is 96.4 Å². The molecule has 3 saturated heterocycles. The zero-order valence-electron chi connectivity index (χ0n) is 23.0. The van der Waals surface area contributed by atoms with Gasteiger partial charge in [-0.1, -0.05) is 48.9 Å². The number of aliphatic hydroxyl groups is 1. The van der Waals surface area contributed by atoms with Crippen LogP contribution in [0.3, 0.4) is 0 Å². The molecule has 0 aliphatic carbocycles. The van der Waals surface area contributed by atoms with E-state index < -0.39 is 47.1 Å². The molecule has 1 spiro atoms. The molecule has 0 aromatic carbocycles. The van der Waals surface area contributed by atoms with Crippen LogP contribution in [0, 0.1) is 17.3 Å². The molecule has 2 amide bonds. The number of fused-ring (bicyclic) bond motifs is 1. The summed E-state index contributed by atoms with van der Waals surface area (Å²) in [5, 5.41) is 10.1. The minimum Gasteiger partial charge on any atom is -0.465 e. The third kappa shape index (κ3) is 5.28. The van der Waals surface area contributed by atoms with Crippen molar-refractivity contribution < 1.29 is 29.0 Å². The predicted octanol–water partition coefficient (Wildman–Crippen LogP) is 3.46. The van der Waals surface area contributed by atoms with Crippen LogP contribution < -0.4 is 0 Å². The predicted molar refractivity (Wildman–Crippen MR) is 145 cm³/mol. The van der Waals surface area contributed by atoms with Crippen molar-refractivity contribution in [3.63, 3.8) is 0 Å². The first kappa shape index (κ1) is 29.8. The Balaban J connectivity index is 2.08. The number of halogens is 1. The summed E-state index contributed by atoms with van der Waals surface area (Å²) in [6, 6.07) is -1.62. The second kappa shape index (κ2) is 10.8. The highest BCUT2D eigenvalue weighted by molar-refractivity contribution is 9.09. The molecule has 2 bridgehead atoms. The molecule has 0 aromatic heterocycles. The SMILES string of the molecule is C=CCCOC(=O)[C@H]1[C@H]2C(=O)N([C@H](C)CO)C(C(=O)N(CC=C)C(C)(C)CC(C)(C)C)C23CC(Br)[C@@H]1O3. The summed E-state index contributed by atoms with van der Waals surface area (Å²) in [6.07, 6.45) is 4.38. The number of amides is 2. The van der Waals surface area contributed by atoms with E-state index in [1.165, 1.54) is 4.90 Å². The van der Waals surface area contributed by atoms with Crippen molar-refractivity contribution in [2.24, 2.45) is 17.3 Å². The van der Waals surface area contributed by atoms with E-state index in [1.54, 1.807) is 24.0 Å². The fourth-order valence-corrected chi connectivity index (χ4v) is 7.77. The zero-order valence-corrected chi connectivity index (χ0v) is 24.6. The van der Waals surface area contributed by atoms with Crippen molar-refractivity contribution in [1.82, 2.24) is 9.80 Å². The van der Waals surface area contributed by atoms with Gasteiger partial charge in [-0.15, -0.1) is 13.2 Å². The van der Waals surface area contributed by atoms with E-state index in [1.807, 2.05) is 13.8 Å². The zero-order chi connectivity index (χ0) is 27.9. The highest BCUT2D eigenvalue weighted by atomic mass is 79.9. The number of esters is 1. The van der Waals surface area contributed by atoms with Gasteiger partial charge in [-0.05, 0) is 45.4 Å². The fourth-order valence-electron chi connectivity index (χ4n) is 6.82. The van der Waals surface area contributed by atoms with Crippen LogP contribution in [0.1, 0.15) is 60.8 Å². The van der Waals surface area contributed by atoms with Gasteiger partial charge in [-0.25, -0.2) is 0 Å². The lowest BCUT2D eigenvalue weighted by atomic mass is 9.70. The Morgan fingerprint density at radius 2 is 1.95 bits per heavy atom. The molecule has 3 fully saturated rings. The standard InChI is InChI=1S/C28H43BrN2O6/c1-9-11-13-36-25(35)19-20-23(33)31(17(3)15-32)22(28(20)14-18(29)21(19)37-28)24(34)30(12-10-2)27(7,8)16-26(4,5)6/h9-10,17-22,32H,1-2,11-16H2,3-8H3/t17-,18?,19+,20+,21+,22?,28?/m1/s1. The molecule has 7 atom stereocenters. The van der Waals surface area contributed by atoms with Crippen molar-refractivity contribution in [2.45, 2.75) is 95.0 Å². The van der Waals surface area contributed by atoms with Gasteiger partial charge in [0.1, 0.15) is 11.6 Å². The summed E-state index contributed by atoms with van der Waals surface area (Å²) in [7, 11) is 0. The molecular weight excluding hydrogens is 540 g/mol. The molecule has 0 saturated carbocycles. The second-order valence-corrected chi connectivity index (χ2v) is 13.6. The van der Waals surface area contributed by atoms with E-state index in [-0.39, 0.29) is 35.3 Å². The number of nitrogens with zero attached hydrogens (tertiary/aromatic N) is 2. The van der Waals surface area contributed by atoms with Gasteiger partial charge in [0.2, 0.25) is 11.8 Å². The highest BCUT2D eigenvalue weighted by Crippen LogP contribution is 2.61. The third-order valence-electron chi connectivity index (χ3n) is 7.81. The smallest absolute Gasteiger partial charge is 0.312 e. The molecule has 3 aliphatic heterocycles. The van der Waals surface area contributed by atoms with E-state index in [0.717, 1.165) is 6.42 Å². The summed E-state index contributed by atoms with van der Waals surface area (Å²) >= 11 is 3.67. The Morgan fingerprint density at radius 1 is 1.30 bits per heavy atom. The van der Waals surface area contributed by atoms with Gasteiger partial charge in [0.05, 0.1) is 37.2 Å². The number of hydrogen-bond donors (Lipinski definition) is 1. The Kier molecular flexibility index (Phi) is 8.72. The fraction of sp³-hybridized carbons (Fsp3) is 0.750. The normalized spacial score (nSPS) is 31.7. The maximum absolute atomic E-state index is 14.5. The lowest BCUT2D eigenvalue weighted by molar-refractivity contribution is -0.157. The van der Waals surface area contributed by atoms with Crippen molar-refractivity contribution >= 4 is 33.7 Å². The minimum absolute atomic E-state index is 0.0584. The minimum atomic E-state index is -1.20. The van der Waals surface area contributed by atoms with Crippen LogP contribution in [0.25, 0.3) is 0 Å². The van der Waals surface area contributed by atoms with E-state index in [4.69, 9.17) is 9.47 Å². The van der Waals surface area contributed by atoms with Gasteiger partial charge in [-0.3, -0.25) is 14.4 Å². The summed E-state index contributed by atoms with van der Waals surface area (Å²) < 4.78 is 12.0. The van der Waals surface area contributed by atoms with Crippen LogP contribution in [-0.2, 0) is 23.9 Å². The van der Waals surface area contributed by atoms with Crippen LogP contribution in [-0.4, -0.2) is 86.6 Å². The number of aliphatic hydroxyl groups excluding tert-OH is 1. The van der Waals surface area contributed by atoms with Crippen LogP contribution in [0.4, 0.5) is 0 Å². The maximum atomic E-state index is 14.5. The quantitative estimate of drug-likeness (QED) is 0.173. The lowest BCUT2D eigenvalue weighted by Crippen LogP contribution is -2.62. The molecule has 37 heavy (non-hydrogen) atoms. The Labute approximate surface area is 229 Å². The molecule has 208 valence electrons. The number of ether oxygens (including phenoxy) is 2. The summed E-state index contributed by atoms with van der Waals surface area (Å²) in [5.74, 6) is -2.80. The first-order valence-electron chi connectivity index (χ1n) is 13.1. The number of hydrogen-bond acceptors (Lipinski definition) is 6. The van der Waals surface area contributed by atoms with E-state index in [2.05, 4.69) is 49.9 Å². The summed E-state index contributed by atoms with van der Waals surface area (Å²) in [5.41, 5.74) is -1.81. The number of carbonyl (C=O) groups is 3. The van der Waals surface area contributed by atoms with E-state index in [0.29, 0.717) is 19.4 Å². The highest BCUT2D eigenvalue weighted by Gasteiger charge is 2.77. The van der Waals surface area contributed by atoms with Crippen molar-refractivity contribution in [2.75, 3.05) is 19.8 Å². The van der Waals surface area contributed by atoms with E-state index >= 15 is 0 Å². The molecule has 3 aliphatic rings. The Morgan fingerprint density at radius 3 is 2.49 bits per heavy atom. The van der Waals surface area contributed by atoms with Gasteiger partial charge >= 0.3 is 5.97 Å². The van der Waals surface area contributed by atoms with Crippen LogP contribution in [0.5, 0.6) is 0 Å². The van der Waals surface area contributed by atoms with Gasteiger partial charge in [-0.2, -0.15) is 0 Å². The number of likely N-dealkylation sites (tertiary alicyclic amines) is 1. The first-order valence-corrected chi connectivity index (χ1v) is 14.0. The van der Waals surface area contributed by atoms with Crippen LogP contribution in [0.15, 0.2) is 25.3 Å². The Bertz CT molecular complexity index is 930. The molecule has 3 heterocycles. The molecule has 9 heteroatoms. The largest absolute Gasteiger partial charge is 0.465 e. The van der Waals surface area contributed by atoms with Crippen molar-refractivity contribution in [3.05, 3.63) is 25.3 Å². The van der Waals surface area contributed by atoms with Gasteiger partial charge < -0.3 is 24.4 Å². The molecule has 0 radical (unpaired) electrons. The molecule has 3 rings (SSSR count). The lowest BCUT2D eigenvalue weighted by Gasteiger charge is -2.46. The van der Waals surface area contributed by atoms with Gasteiger partial charge in [0, 0.05) is 16.9 Å². The van der Waals surface area contributed by atoms with E-state index in [9.17, 15) is 19.5 Å². The van der Waals surface area contributed by atoms with Crippen molar-refractivity contribution in [3.8, 4) is 0 Å². The Hall–Kier alpha value is -1.71. The summed E-state index contributed by atoms with van der Waals surface area (Å²) in [6.45, 7) is 19.8. The summed E-state index contributed by atoms with van der Waals surface area (Å²) in [4.78, 5) is 44.8. The third-order valence-corrected chi connectivity index (χ3v) is 8.65. The number of carbonyl (C=O) groups excluding carboxylic acids is 3. The van der Waals surface area contributed by atoms with Gasteiger partial charge in [0.15, 0.2) is 0 Å². The first-order chi connectivity index (χ1) is 17.2. The van der Waals surface area contributed by atoms with Gasteiger partial charge in [0.25, 0.3) is 0 Å². The monoisotopic (exact) mass is 582 g/mol. The van der Waals surface area contributed by atoms with Crippen LogP contribution >= 0.6 is 15.9 Å². The van der Waals surface area contributed by atoms with Crippen LogP contribution in [0.2, 0.25) is 0 Å². The molecule has 0 aromatic rings.